The SMILES string of the molecule is CCC1=C(C)C2=CC3NC(C=C4N=C(C=c5[nH]c(c(C)c5CCC(=O)OC)=CC1=N2)C(CCC(=O)OC)=C4C)C(C)C3CC. The van der Waals surface area contributed by atoms with Crippen molar-refractivity contribution >= 4 is 35.5 Å². The number of carbonyl (C=O) groups excluding carboxylic acids is 2. The molecule has 44 heavy (non-hydrogen) atoms. The van der Waals surface area contributed by atoms with Crippen molar-refractivity contribution in [3.05, 3.63) is 67.7 Å². The highest BCUT2D eigenvalue weighted by molar-refractivity contribution is 6.24. The van der Waals surface area contributed by atoms with Crippen LogP contribution in [-0.4, -0.2) is 54.6 Å². The van der Waals surface area contributed by atoms with Gasteiger partial charge in [0.2, 0.25) is 0 Å². The number of nitrogens with zero attached hydrogens (tertiary/aromatic N) is 2. The van der Waals surface area contributed by atoms with Crippen molar-refractivity contribution in [2.45, 2.75) is 92.2 Å². The second kappa shape index (κ2) is 13.1. The maximum atomic E-state index is 12.2. The zero-order valence-electron chi connectivity index (χ0n) is 27.4. The molecule has 0 spiro atoms. The molecule has 0 saturated carbocycles. The first-order valence-corrected chi connectivity index (χ1v) is 15.9. The molecule has 8 heteroatoms. The van der Waals surface area contributed by atoms with Gasteiger partial charge in [0.1, 0.15) is 0 Å². The average Bonchev–Trinajstić information content (AvgIpc) is 3.67. The smallest absolute Gasteiger partial charge is 0.305 e. The monoisotopic (exact) mass is 598 g/mol. The lowest BCUT2D eigenvalue weighted by Crippen LogP contribution is -2.29. The molecule has 0 radical (unpaired) electrons. The number of carbonyl (C=O) groups is 2. The maximum absolute atomic E-state index is 12.2. The van der Waals surface area contributed by atoms with E-state index in [-0.39, 0.29) is 36.9 Å². The third kappa shape index (κ3) is 5.96. The number of allylic oxidation sites excluding steroid dienone is 4. The first-order valence-electron chi connectivity index (χ1n) is 15.9. The van der Waals surface area contributed by atoms with Crippen LogP contribution in [0.4, 0.5) is 0 Å². The minimum Gasteiger partial charge on any atom is -0.469 e. The second-order valence-corrected chi connectivity index (χ2v) is 12.3. The molecule has 8 nitrogen and oxygen atoms in total. The summed E-state index contributed by atoms with van der Waals surface area (Å²) >= 11 is 0. The van der Waals surface area contributed by atoms with Crippen LogP contribution < -0.4 is 16.0 Å². The molecule has 1 saturated heterocycles. The number of methoxy groups -OCH3 is 2. The number of aliphatic imine (C=N–C) groups is 2. The highest BCUT2D eigenvalue weighted by Crippen LogP contribution is 2.37. The summed E-state index contributed by atoms with van der Waals surface area (Å²) in [5.74, 6) is 0.377. The topological polar surface area (TPSA) is 105 Å². The van der Waals surface area contributed by atoms with Crippen LogP contribution >= 0.6 is 0 Å². The van der Waals surface area contributed by atoms with Gasteiger partial charge in [0.05, 0.1) is 37.0 Å². The van der Waals surface area contributed by atoms with Crippen LogP contribution in [0, 0.1) is 18.8 Å². The van der Waals surface area contributed by atoms with E-state index in [1.54, 1.807) is 0 Å². The fourth-order valence-corrected chi connectivity index (χ4v) is 7.21. The van der Waals surface area contributed by atoms with Gasteiger partial charge in [0.25, 0.3) is 0 Å². The van der Waals surface area contributed by atoms with Crippen molar-refractivity contribution in [3.63, 3.8) is 0 Å². The Kier molecular flexibility index (Phi) is 9.39. The largest absolute Gasteiger partial charge is 0.469 e. The van der Waals surface area contributed by atoms with Gasteiger partial charge < -0.3 is 19.8 Å². The zero-order chi connectivity index (χ0) is 31.7. The van der Waals surface area contributed by atoms with Crippen molar-refractivity contribution in [1.29, 1.82) is 0 Å². The lowest BCUT2D eigenvalue weighted by Gasteiger charge is -2.18. The van der Waals surface area contributed by atoms with Gasteiger partial charge in [-0.05, 0) is 110 Å². The number of ether oxygens (including phenoxy) is 2. The Labute approximate surface area is 260 Å². The number of fused-ring (bicyclic) bond motifs is 6. The van der Waals surface area contributed by atoms with E-state index in [0.717, 1.165) is 68.6 Å². The number of esters is 2. The average molecular weight is 599 g/mol. The van der Waals surface area contributed by atoms with Crippen LogP contribution in [0.25, 0.3) is 12.2 Å². The van der Waals surface area contributed by atoms with Crippen LogP contribution in [0.3, 0.4) is 0 Å². The molecule has 4 aliphatic heterocycles. The van der Waals surface area contributed by atoms with E-state index in [9.17, 15) is 9.59 Å². The van der Waals surface area contributed by atoms with Crippen LogP contribution in [0.5, 0.6) is 0 Å². The Morgan fingerprint density at radius 3 is 2.00 bits per heavy atom. The Morgan fingerprint density at radius 1 is 0.818 bits per heavy atom. The molecule has 5 heterocycles. The summed E-state index contributed by atoms with van der Waals surface area (Å²) < 4.78 is 9.94. The molecule has 1 fully saturated rings. The van der Waals surface area contributed by atoms with Crippen LogP contribution in [0.2, 0.25) is 0 Å². The van der Waals surface area contributed by atoms with E-state index >= 15 is 0 Å². The van der Waals surface area contributed by atoms with Crippen LogP contribution in [-0.2, 0) is 25.5 Å². The first kappa shape index (κ1) is 31.6. The molecule has 5 rings (SSSR count). The van der Waals surface area contributed by atoms with Gasteiger partial charge in [-0.2, -0.15) is 0 Å². The van der Waals surface area contributed by atoms with Gasteiger partial charge in [0.15, 0.2) is 0 Å². The number of hydrogen-bond acceptors (Lipinski definition) is 7. The second-order valence-electron chi connectivity index (χ2n) is 12.3. The minimum absolute atomic E-state index is 0.144. The van der Waals surface area contributed by atoms with Crippen molar-refractivity contribution in [2.75, 3.05) is 14.2 Å². The molecule has 0 aromatic carbocycles. The van der Waals surface area contributed by atoms with Gasteiger partial charge in [-0.15, -0.1) is 0 Å². The molecule has 2 N–H and O–H groups in total. The van der Waals surface area contributed by atoms with Crippen molar-refractivity contribution in [3.8, 4) is 0 Å². The summed E-state index contributed by atoms with van der Waals surface area (Å²) in [7, 11) is 2.84. The zero-order valence-corrected chi connectivity index (χ0v) is 27.4. The number of aromatic nitrogens is 1. The number of H-pyrrole nitrogens is 1. The van der Waals surface area contributed by atoms with Gasteiger partial charge in [0, 0.05) is 35.6 Å². The van der Waals surface area contributed by atoms with Gasteiger partial charge >= 0.3 is 11.9 Å². The number of rotatable bonds is 8. The van der Waals surface area contributed by atoms with Crippen molar-refractivity contribution in [1.82, 2.24) is 10.3 Å². The van der Waals surface area contributed by atoms with Crippen LogP contribution in [0.1, 0.15) is 77.8 Å². The van der Waals surface area contributed by atoms with Crippen LogP contribution in [0.15, 0.2) is 55.8 Å². The van der Waals surface area contributed by atoms with Gasteiger partial charge in [-0.1, -0.05) is 27.2 Å². The van der Waals surface area contributed by atoms with E-state index in [4.69, 9.17) is 19.5 Å². The molecular formula is C36H46N4O4. The summed E-state index contributed by atoms with van der Waals surface area (Å²) in [4.78, 5) is 38.4. The third-order valence-electron chi connectivity index (χ3n) is 9.99. The minimum atomic E-state index is -0.248. The van der Waals surface area contributed by atoms with Gasteiger partial charge in [-0.25, -0.2) is 9.98 Å². The summed E-state index contributed by atoms with van der Waals surface area (Å²) in [5.41, 5.74) is 10.5. The van der Waals surface area contributed by atoms with Gasteiger partial charge in [-0.3, -0.25) is 9.59 Å². The molecule has 234 valence electrons. The molecule has 4 atom stereocenters. The maximum Gasteiger partial charge on any atom is 0.305 e. The van der Waals surface area contributed by atoms with E-state index in [1.165, 1.54) is 25.4 Å². The first-order chi connectivity index (χ1) is 21.1. The molecular weight excluding hydrogens is 552 g/mol. The highest BCUT2D eigenvalue weighted by Gasteiger charge is 2.38. The number of nitrogens with one attached hydrogen (secondary N) is 2. The van der Waals surface area contributed by atoms with Crippen molar-refractivity contribution < 1.29 is 19.1 Å². The highest BCUT2D eigenvalue weighted by atomic mass is 16.5. The van der Waals surface area contributed by atoms with E-state index in [2.05, 4.69) is 76.1 Å². The molecule has 0 aliphatic carbocycles. The van der Waals surface area contributed by atoms with E-state index in [0.29, 0.717) is 24.7 Å². The third-order valence-corrected chi connectivity index (χ3v) is 9.99. The lowest BCUT2D eigenvalue weighted by atomic mass is 9.85. The number of hydrogen-bond donors (Lipinski definition) is 2. The summed E-state index contributed by atoms with van der Waals surface area (Å²) in [6, 6.07) is 0.338. The molecule has 1 aromatic rings. The molecule has 1 aromatic heterocycles. The predicted molar refractivity (Wildman–Crippen MR) is 176 cm³/mol. The Bertz CT molecular complexity index is 1680. The normalized spacial score (nSPS) is 24.4. The Balaban J connectivity index is 1.76. The predicted octanol–water partition coefficient (Wildman–Crippen LogP) is 4.68. The Morgan fingerprint density at radius 2 is 1.39 bits per heavy atom. The van der Waals surface area contributed by atoms with E-state index in [1.807, 2.05) is 0 Å². The standard InChI is InChI=1S/C36H46N4O4/c1-9-23-19(3)27-15-28-21(5)25(11-13-35(41)43-7)33(39-28)18-34-26(12-14-36(42)44-8)22(6)30(40-34)17-32-24(10-2)20(4)29(38-32)16-31(23)37-27/h15-19,23,27,31,37,40H,9-14H2,1-8H3. The summed E-state index contributed by atoms with van der Waals surface area (Å²) in [5, 5.41) is 5.78. The summed E-state index contributed by atoms with van der Waals surface area (Å²) in [6.45, 7) is 13.1. The quantitative estimate of drug-likeness (QED) is 0.423. The molecule has 0 amide bonds. The molecule has 4 unspecified atom stereocenters. The summed E-state index contributed by atoms with van der Waals surface area (Å²) in [6.07, 6.45) is 12.4. The number of aromatic amines is 1. The Hall–Kier alpha value is -3.78. The van der Waals surface area contributed by atoms with Crippen molar-refractivity contribution in [2.24, 2.45) is 21.8 Å². The lowest BCUT2D eigenvalue weighted by molar-refractivity contribution is -0.141. The molecule has 4 aliphatic rings. The fourth-order valence-electron chi connectivity index (χ4n) is 7.21. The fraction of sp³-hybridized carbons (Fsp3) is 0.500. The molecule has 8 bridgehead atoms. The van der Waals surface area contributed by atoms with E-state index < -0.39 is 0 Å².